The van der Waals surface area contributed by atoms with Crippen molar-refractivity contribution in [2.75, 3.05) is 0 Å². The number of ketones is 1. The SMILES string of the molecule is O=C(c1ccccc1)c1ccc(OS(=O)(=O)c2cccs2)cc1. The van der Waals surface area contributed by atoms with Gasteiger partial charge in [-0.2, -0.15) is 8.42 Å². The van der Waals surface area contributed by atoms with Gasteiger partial charge in [-0.05, 0) is 35.7 Å². The molecule has 0 N–H and O–H groups in total. The quantitative estimate of drug-likeness (QED) is 0.522. The summed E-state index contributed by atoms with van der Waals surface area (Å²) in [5.74, 6) is 0.0428. The molecule has 0 bridgehead atoms. The highest BCUT2D eigenvalue weighted by molar-refractivity contribution is 7.89. The molecule has 3 aromatic rings. The fraction of sp³-hybridized carbons (Fsp3) is 0. The van der Waals surface area contributed by atoms with E-state index in [1.165, 1.54) is 18.2 Å². The van der Waals surface area contributed by atoms with Crippen LogP contribution in [0, 0.1) is 0 Å². The summed E-state index contributed by atoms with van der Waals surface area (Å²) in [6.07, 6.45) is 0. The van der Waals surface area contributed by atoms with E-state index in [-0.39, 0.29) is 15.7 Å². The van der Waals surface area contributed by atoms with E-state index in [9.17, 15) is 13.2 Å². The Hall–Kier alpha value is -2.44. The normalized spacial score (nSPS) is 11.1. The van der Waals surface area contributed by atoms with Crippen LogP contribution in [-0.4, -0.2) is 14.2 Å². The molecule has 0 atom stereocenters. The average Bonchev–Trinajstić information content (AvgIpc) is 3.11. The molecule has 0 radical (unpaired) electrons. The van der Waals surface area contributed by atoms with Crippen LogP contribution in [0.2, 0.25) is 0 Å². The molecule has 116 valence electrons. The number of rotatable bonds is 5. The molecule has 2 aromatic carbocycles. The van der Waals surface area contributed by atoms with E-state index < -0.39 is 10.1 Å². The summed E-state index contributed by atoms with van der Waals surface area (Å²) in [5, 5.41) is 1.66. The van der Waals surface area contributed by atoms with E-state index >= 15 is 0 Å². The summed E-state index contributed by atoms with van der Waals surface area (Å²) in [5.41, 5.74) is 1.05. The van der Waals surface area contributed by atoms with Crippen LogP contribution in [0.3, 0.4) is 0 Å². The number of hydrogen-bond donors (Lipinski definition) is 0. The van der Waals surface area contributed by atoms with E-state index in [1.54, 1.807) is 47.8 Å². The predicted molar refractivity (Wildman–Crippen MR) is 88.4 cm³/mol. The largest absolute Gasteiger partial charge is 0.378 e. The minimum atomic E-state index is -3.82. The lowest BCUT2D eigenvalue weighted by Gasteiger charge is -2.06. The third-order valence-electron chi connectivity index (χ3n) is 3.10. The number of hydrogen-bond acceptors (Lipinski definition) is 5. The van der Waals surface area contributed by atoms with Crippen LogP contribution in [0.15, 0.2) is 76.3 Å². The molecule has 1 heterocycles. The van der Waals surface area contributed by atoms with Crippen molar-refractivity contribution >= 4 is 27.2 Å². The molecule has 0 saturated heterocycles. The Balaban J connectivity index is 1.79. The first-order chi connectivity index (χ1) is 11.1. The number of benzene rings is 2. The van der Waals surface area contributed by atoms with Gasteiger partial charge in [0.1, 0.15) is 5.75 Å². The Morgan fingerprint density at radius 3 is 2.09 bits per heavy atom. The molecule has 1 aromatic heterocycles. The number of thiophene rings is 1. The van der Waals surface area contributed by atoms with Gasteiger partial charge in [-0.1, -0.05) is 36.4 Å². The first-order valence-corrected chi connectivity index (χ1v) is 9.03. The summed E-state index contributed by atoms with van der Waals surface area (Å²) in [6, 6.07) is 18.0. The molecule has 0 amide bonds. The van der Waals surface area contributed by atoms with Crippen LogP contribution in [0.4, 0.5) is 0 Å². The molecule has 0 aliphatic carbocycles. The topological polar surface area (TPSA) is 60.4 Å². The minimum Gasteiger partial charge on any atom is -0.378 e. The van der Waals surface area contributed by atoms with Crippen LogP contribution < -0.4 is 4.18 Å². The summed E-state index contributed by atoms with van der Waals surface area (Å²) in [4.78, 5) is 12.3. The average molecular weight is 344 g/mol. The lowest BCUT2D eigenvalue weighted by Crippen LogP contribution is -2.08. The molecule has 3 rings (SSSR count). The highest BCUT2D eigenvalue weighted by atomic mass is 32.3. The van der Waals surface area contributed by atoms with Crippen molar-refractivity contribution in [1.29, 1.82) is 0 Å². The zero-order valence-corrected chi connectivity index (χ0v) is 13.5. The summed E-state index contributed by atoms with van der Waals surface area (Å²) >= 11 is 1.09. The maximum absolute atomic E-state index is 12.3. The van der Waals surface area contributed by atoms with Gasteiger partial charge in [0.05, 0.1) is 0 Å². The predicted octanol–water partition coefficient (Wildman–Crippen LogP) is 3.75. The molecule has 0 fully saturated rings. The molecule has 0 aliphatic heterocycles. The van der Waals surface area contributed by atoms with Crippen LogP contribution in [-0.2, 0) is 10.1 Å². The minimum absolute atomic E-state index is 0.127. The van der Waals surface area contributed by atoms with E-state index in [2.05, 4.69) is 0 Å². The van der Waals surface area contributed by atoms with Crippen molar-refractivity contribution in [3.8, 4) is 5.75 Å². The fourth-order valence-electron chi connectivity index (χ4n) is 1.99. The molecule has 0 unspecified atom stereocenters. The Morgan fingerprint density at radius 2 is 1.48 bits per heavy atom. The molecule has 6 heteroatoms. The van der Waals surface area contributed by atoms with Gasteiger partial charge in [-0.3, -0.25) is 4.79 Å². The van der Waals surface area contributed by atoms with Gasteiger partial charge in [0.25, 0.3) is 0 Å². The maximum Gasteiger partial charge on any atom is 0.348 e. The molecule has 4 nitrogen and oxygen atoms in total. The lowest BCUT2D eigenvalue weighted by molar-refractivity contribution is 0.103. The number of carbonyl (C=O) groups excluding carboxylic acids is 1. The lowest BCUT2D eigenvalue weighted by atomic mass is 10.0. The van der Waals surface area contributed by atoms with Crippen LogP contribution >= 0.6 is 11.3 Å². The highest BCUT2D eigenvalue weighted by Crippen LogP contribution is 2.23. The first-order valence-electron chi connectivity index (χ1n) is 6.74. The third kappa shape index (κ3) is 3.49. The van der Waals surface area contributed by atoms with Gasteiger partial charge in [0.2, 0.25) is 0 Å². The second-order valence-corrected chi connectivity index (χ2v) is 7.41. The standard InChI is InChI=1S/C17H12O4S2/c18-17(13-5-2-1-3-6-13)14-8-10-15(11-9-14)21-23(19,20)16-7-4-12-22-16/h1-12H. The van der Waals surface area contributed by atoms with Crippen molar-refractivity contribution in [3.63, 3.8) is 0 Å². The number of carbonyl (C=O) groups is 1. The third-order valence-corrected chi connectivity index (χ3v) is 5.70. The molecule has 23 heavy (non-hydrogen) atoms. The zero-order valence-electron chi connectivity index (χ0n) is 11.9. The molecule has 0 saturated carbocycles. The fourth-order valence-corrected chi connectivity index (χ4v) is 3.87. The van der Waals surface area contributed by atoms with Gasteiger partial charge in [-0.15, -0.1) is 11.3 Å². The molecule has 0 spiro atoms. The monoisotopic (exact) mass is 344 g/mol. The maximum atomic E-state index is 12.3. The van der Waals surface area contributed by atoms with Crippen molar-refractivity contribution in [2.24, 2.45) is 0 Å². The van der Waals surface area contributed by atoms with Crippen molar-refractivity contribution in [1.82, 2.24) is 0 Å². The highest BCUT2D eigenvalue weighted by Gasteiger charge is 2.18. The smallest absolute Gasteiger partial charge is 0.348 e. The van der Waals surface area contributed by atoms with Gasteiger partial charge in [-0.25, -0.2) is 0 Å². The van der Waals surface area contributed by atoms with Crippen molar-refractivity contribution in [2.45, 2.75) is 4.21 Å². The Labute approximate surface area is 138 Å². The second-order valence-electron chi connectivity index (χ2n) is 4.69. The van der Waals surface area contributed by atoms with Gasteiger partial charge >= 0.3 is 10.1 Å². The van der Waals surface area contributed by atoms with E-state index in [0.717, 1.165) is 11.3 Å². The van der Waals surface area contributed by atoms with E-state index in [1.807, 2.05) is 6.07 Å². The molecular weight excluding hydrogens is 332 g/mol. The van der Waals surface area contributed by atoms with Crippen LogP contribution in [0.25, 0.3) is 0 Å². The van der Waals surface area contributed by atoms with Gasteiger partial charge in [0, 0.05) is 11.1 Å². The molecular formula is C17H12O4S2. The van der Waals surface area contributed by atoms with Crippen LogP contribution in [0.5, 0.6) is 5.75 Å². The Bertz CT molecular complexity index is 897. The zero-order chi connectivity index (χ0) is 16.3. The summed E-state index contributed by atoms with van der Waals surface area (Å²) in [6.45, 7) is 0. The van der Waals surface area contributed by atoms with Crippen molar-refractivity contribution in [3.05, 3.63) is 83.2 Å². The second kappa shape index (κ2) is 6.36. The van der Waals surface area contributed by atoms with Crippen molar-refractivity contribution < 1.29 is 17.4 Å². The first kappa shape index (κ1) is 15.5. The Kier molecular flexibility index (Phi) is 4.27. The summed E-state index contributed by atoms with van der Waals surface area (Å²) < 4.78 is 29.2. The van der Waals surface area contributed by atoms with Gasteiger partial charge in [0.15, 0.2) is 9.99 Å². The van der Waals surface area contributed by atoms with E-state index in [4.69, 9.17) is 4.18 Å². The molecule has 0 aliphatic rings. The van der Waals surface area contributed by atoms with Gasteiger partial charge < -0.3 is 4.18 Å². The summed E-state index contributed by atoms with van der Waals surface area (Å²) in [7, 11) is -3.82. The van der Waals surface area contributed by atoms with Crippen LogP contribution in [0.1, 0.15) is 15.9 Å². The Morgan fingerprint density at radius 1 is 0.826 bits per heavy atom. The van der Waals surface area contributed by atoms with E-state index in [0.29, 0.717) is 11.1 Å².